The fraction of sp³-hybridized carbons (Fsp3) is 0.125. The molecule has 1 N–H and O–H groups in total. The normalized spacial score (nSPS) is 12.1. The molecule has 0 aliphatic rings. The number of benzene rings is 3. The summed E-state index contributed by atoms with van der Waals surface area (Å²) in [6.07, 6.45) is 0. The first-order valence-electron chi connectivity index (χ1n) is 9.48. The lowest BCUT2D eigenvalue weighted by molar-refractivity contribution is 0.603. The molecule has 0 fully saturated rings. The molecule has 0 radical (unpaired) electrons. The highest BCUT2D eigenvalue weighted by Gasteiger charge is 2.26. The van der Waals surface area contributed by atoms with Crippen LogP contribution in [-0.2, 0) is 15.6 Å². The highest BCUT2D eigenvalue weighted by Crippen LogP contribution is 2.32. The number of hydrogen-bond acceptors (Lipinski definition) is 5. The second kappa shape index (κ2) is 9.82. The van der Waals surface area contributed by atoms with Gasteiger partial charge in [0.15, 0.2) is 4.91 Å². The number of anilines is 1. The van der Waals surface area contributed by atoms with Crippen LogP contribution in [0.15, 0.2) is 87.6 Å². The van der Waals surface area contributed by atoms with Gasteiger partial charge in [-0.25, -0.2) is 12.8 Å². The minimum absolute atomic E-state index is 0.00622. The fourth-order valence-corrected chi connectivity index (χ4v) is 5.54. The summed E-state index contributed by atoms with van der Waals surface area (Å²) < 4.78 is 40.7. The van der Waals surface area contributed by atoms with Crippen LogP contribution in [0.25, 0.3) is 0 Å². The summed E-state index contributed by atoms with van der Waals surface area (Å²) in [5, 5.41) is 12.7. The lowest BCUT2D eigenvalue weighted by Gasteiger charge is -2.15. The van der Waals surface area contributed by atoms with E-state index in [0.717, 1.165) is 28.5 Å². The van der Waals surface area contributed by atoms with Gasteiger partial charge in [-0.05, 0) is 49.2 Å². The molecule has 0 heterocycles. The first kappa shape index (κ1) is 22.6. The molecule has 158 valence electrons. The highest BCUT2D eigenvalue weighted by molar-refractivity contribution is 8.04. The van der Waals surface area contributed by atoms with Crippen molar-refractivity contribution in [2.24, 2.45) is 0 Å². The number of halogens is 1. The maximum absolute atomic E-state index is 14.3. The summed E-state index contributed by atoms with van der Waals surface area (Å²) in [6.45, 7) is 3.94. The molecule has 0 aliphatic heterocycles. The van der Waals surface area contributed by atoms with Gasteiger partial charge in [-0.15, -0.1) is 11.8 Å². The molecule has 31 heavy (non-hydrogen) atoms. The van der Waals surface area contributed by atoms with Crippen LogP contribution in [0, 0.1) is 31.0 Å². The van der Waals surface area contributed by atoms with Gasteiger partial charge in [0, 0.05) is 5.75 Å². The van der Waals surface area contributed by atoms with Crippen LogP contribution in [0.5, 0.6) is 0 Å². The molecule has 3 aromatic rings. The number of nitrogens with zero attached hydrogens (tertiary/aromatic N) is 1. The third-order valence-corrected chi connectivity index (χ3v) is 7.53. The first-order chi connectivity index (χ1) is 14.8. The van der Waals surface area contributed by atoms with E-state index in [1.165, 1.54) is 24.3 Å². The SMILES string of the molecule is Cc1ccc(C)c(CS/C(Nc2ccccc2F)=C(/C#N)S(=O)(=O)c2ccccc2)c1. The zero-order valence-electron chi connectivity index (χ0n) is 17.1. The van der Waals surface area contributed by atoms with Gasteiger partial charge in [0.1, 0.15) is 16.9 Å². The van der Waals surface area contributed by atoms with Crippen LogP contribution in [0.3, 0.4) is 0 Å². The van der Waals surface area contributed by atoms with Crippen molar-refractivity contribution in [1.82, 2.24) is 0 Å². The predicted molar refractivity (Wildman–Crippen MR) is 124 cm³/mol. The average Bonchev–Trinajstić information content (AvgIpc) is 2.76. The van der Waals surface area contributed by atoms with Gasteiger partial charge in [-0.3, -0.25) is 0 Å². The molecule has 0 saturated carbocycles. The number of aryl methyl sites for hydroxylation is 2. The summed E-state index contributed by atoms with van der Waals surface area (Å²) in [5.41, 5.74) is 3.23. The average molecular weight is 453 g/mol. The van der Waals surface area contributed by atoms with Crippen molar-refractivity contribution in [3.8, 4) is 6.07 Å². The van der Waals surface area contributed by atoms with Crippen LogP contribution in [-0.4, -0.2) is 8.42 Å². The van der Waals surface area contributed by atoms with Crippen molar-refractivity contribution >= 4 is 27.3 Å². The van der Waals surface area contributed by atoms with Crippen molar-refractivity contribution in [1.29, 1.82) is 5.26 Å². The number of thioether (sulfide) groups is 1. The number of sulfone groups is 1. The van der Waals surface area contributed by atoms with E-state index in [-0.39, 0.29) is 15.6 Å². The third-order valence-electron chi connectivity index (χ3n) is 4.63. The van der Waals surface area contributed by atoms with Crippen LogP contribution in [0.1, 0.15) is 16.7 Å². The number of nitriles is 1. The lowest BCUT2D eigenvalue weighted by Crippen LogP contribution is -2.11. The Morgan fingerprint density at radius 1 is 1.03 bits per heavy atom. The summed E-state index contributed by atoms with van der Waals surface area (Å²) in [7, 11) is -4.09. The van der Waals surface area contributed by atoms with Crippen molar-refractivity contribution < 1.29 is 12.8 Å². The molecule has 0 amide bonds. The molecule has 0 bridgehead atoms. The fourth-order valence-electron chi connectivity index (χ4n) is 2.90. The van der Waals surface area contributed by atoms with Crippen LogP contribution in [0.4, 0.5) is 10.1 Å². The van der Waals surface area contributed by atoms with Crippen molar-refractivity contribution in [2.45, 2.75) is 24.5 Å². The molecular formula is C24H21FN2O2S2. The zero-order chi connectivity index (χ0) is 22.4. The predicted octanol–water partition coefficient (Wildman–Crippen LogP) is 5.95. The summed E-state index contributed by atoms with van der Waals surface area (Å²) in [5.74, 6) is -0.124. The quantitative estimate of drug-likeness (QED) is 0.448. The summed E-state index contributed by atoms with van der Waals surface area (Å²) in [4.78, 5) is -0.441. The molecular weight excluding hydrogens is 431 g/mol. The topological polar surface area (TPSA) is 70.0 Å². The molecule has 0 unspecified atom stereocenters. The van der Waals surface area contributed by atoms with E-state index in [0.29, 0.717) is 5.75 Å². The van der Waals surface area contributed by atoms with E-state index >= 15 is 0 Å². The van der Waals surface area contributed by atoms with Gasteiger partial charge in [0.2, 0.25) is 9.84 Å². The molecule has 7 heteroatoms. The molecule has 0 saturated heterocycles. The van der Waals surface area contributed by atoms with E-state index in [2.05, 4.69) is 5.32 Å². The van der Waals surface area contributed by atoms with E-state index < -0.39 is 20.6 Å². The molecule has 0 aromatic heterocycles. The monoisotopic (exact) mass is 452 g/mol. The van der Waals surface area contributed by atoms with E-state index in [1.807, 2.05) is 38.1 Å². The second-order valence-electron chi connectivity index (χ2n) is 6.91. The summed E-state index contributed by atoms with van der Waals surface area (Å²) >= 11 is 1.16. The first-order valence-corrected chi connectivity index (χ1v) is 11.9. The number of rotatable bonds is 7. The standard InChI is InChI=1S/C24H21FN2O2S2/c1-17-12-13-18(2)19(14-17)16-30-24(27-22-11-7-6-10-21(22)25)23(15-26)31(28,29)20-8-4-3-5-9-20/h3-14,27H,16H2,1-2H3/b24-23-. The van der Waals surface area contributed by atoms with Crippen molar-refractivity contribution in [2.75, 3.05) is 5.32 Å². The Balaban J connectivity index is 2.08. The van der Waals surface area contributed by atoms with Crippen LogP contribution in [0.2, 0.25) is 0 Å². The maximum Gasteiger partial charge on any atom is 0.219 e. The Morgan fingerprint density at radius 2 is 1.71 bits per heavy atom. The molecule has 0 aliphatic carbocycles. The molecule has 3 aromatic carbocycles. The minimum atomic E-state index is -4.09. The van der Waals surface area contributed by atoms with Gasteiger partial charge in [0.25, 0.3) is 0 Å². The zero-order valence-corrected chi connectivity index (χ0v) is 18.7. The molecule has 0 atom stereocenters. The minimum Gasteiger partial charge on any atom is -0.346 e. The Bertz CT molecular complexity index is 1260. The highest BCUT2D eigenvalue weighted by atomic mass is 32.2. The van der Waals surface area contributed by atoms with Crippen molar-refractivity contribution in [3.63, 3.8) is 0 Å². The van der Waals surface area contributed by atoms with Crippen molar-refractivity contribution in [3.05, 3.63) is 105 Å². The van der Waals surface area contributed by atoms with Gasteiger partial charge in [-0.2, -0.15) is 5.26 Å². The number of nitrogens with one attached hydrogen (secondary N) is 1. The van der Waals surface area contributed by atoms with Gasteiger partial charge >= 0.3 is 0 Å². The number of allylic oxidation sites excluding steroid dienone is 1. The lowest BCUT2D eigenvalue weighted by atomic mass is 10.1. The van der Waals surface area contributed by atoms with Gasteiger partial charge in [0.05, 0.1) is 10.6 Å². The van der Waals surface area contributed by atoms with E-state index in [1.54, 1.807) is 30.3 Å². The van der Waals surface area contributed by atoms with E-state index in [9.17, 15) is 18.1 Å². The Kier molecular flexibility index (Phi) is 7.16. The molecule has 3 rings (SSSR count). The molecule has 0 spiro atoms. The Morgan fingerprint density at radius 3 is 2.39 bits per heavy atom. The largest absolute Gasteiger partial charge is 0.346 e. The number of hydrogen-bond donors (Lipinski definition) is 1. The maximum atomic E-state index is 14.3. The number of para-hydroxylation sites is 1. The van der Waals surface area contributed by atoms with Gasteiger partial charge in [-0.1, -0.05) is 54.1 Å². The third kappa shape index (κ3) is 5.35. The second-order valence-corrected chi connectivity index (χ2v) is 9.78. The van der Waals surface area contributed by atoms with Crippen LogP contribution >= 0.6 is 11.8 Å². The van der Waals surface area contributed by atoms with E-state index in [4.69, 9.17) is 0 Å². The smallest absolute Gasteiger partial charge is 0.219 e. The Labute approximate surface area is 186 Å². The van der Waals surface area contributed by atoms with Gasteiger partial charge < -0.3 is 5.32 Å². The Hall–Kier alpha value is -3.08. The summed E-state index contributed by atoms with van der Waals surface area (Å²) in [6, 6.07) is 21.5. The molecule has 4 nitrogen and oxygen atoms in total. The van der Waals surface area contributed by atoms with Crippen LogP contribution < -0.4 is 5.32 Å².